The first-order chi connectivity index (χ1) is 10.0. The fourth-order valence-electron chi connectivity index (χ4n) is 3.43. The number of aryl methyl sites for hydroxylation is 2. The fourth-order valence-corrected chi connectivity index (χ4v) is 3.43. The molecular formula is C17H24N2O2. The number of ether oxygens (including phenoxy) is 1. The van der Waals surface area contributed by atoms with E-state index < -0.39 is 6.10 Å². The Morgan fingerprint density at radius 2 is 2.00 bits per heavy atom. The van der Waals surface area contributed by atoms with Crippen molar-refractivity contribution in [3.63, 3.8) is 0 Å². The van der Waals surface area contributed by atoms with Crippen molar-refractivity contribution >= 4 is 5.91 Å². The molecule has 0 saturated heterocycles. The number of nitrogens with two attached hydrogens (primary N) is 1. The lowest BCUT2D eigenvalue weighted by atomic mass is 9.97. The van der Waals surface area contributed by atoms with E-state index in [-0.39, 0.29) is 11.4 Å². The largest absolute Gasteiger partial charge is 0.480 e. The number of benzene rings is 1. The van der Waals surface area contributed by atoms with Gasteiger partial charge in [-0.05, 0) is 49.4 Å². The van der Waals surface area contributed by atoms with Crippen LogP contribution in [0.1, 0.15) is 42.4 Å². The van der Waals surface area contributed by atoms with Crippen LogP contribution in [0.2, 0.25) is 0 Å². The summed E-state index contributed by atoms with van der Waals surface area (Å²) in [7, 11) is 0. The van der Waals surface area contributed by atoms with Crippen LogP contribution in [0.5, 0.6) is 5.75 Å². The molecule has 3 N–H and O–H groups in total. The molecule has 4 nitrogen and oxygen atoms in total. The van der Waals surface area contributed by atoms with Gasteiger partial charge in [-0.3, -0.25) is 4.79 Å². The van der Waals surface area contributed by atoms with Gasteiger partial charge in [-0.25, -0.2) is 0 Å². The predicted octanol–water partition coefficient (Wildman–Crippen LogP) is 1.99. The van der Waals surface area contributed by atoms with Crippen LogP contribution in [0.25, 0.3) is 0 Å². The predicted molar refractivity (Wildman–Crippen MR) is 82.4 cm³/mol. The van der Waals surface area contributed by atoms with Crippen molar-refractivity contribution < 1.29 is 9.53 Å². The minimum atomic E-state index is -0.412. The van der Waals surface area contributed by atoms with Crippen molar-refractivity contribution in [2.45, 2.75) is 57.6 Å². The molecule has 1 amide bonds. The summed E-state index contributed by atoms with van der Waals surface area (Å²) in [6.45, 7) is 4.66. The number of hydrogen-bond acceptors (Lipinski definition) is 3. The van der Waals surface area contributed by atoms with E-state index in [1.54, 1.807) is 0 Å². The van der Waals surface area contributed by atoms with E-state index in [4.69, 9.17) is 10.5 Å². The number of carbonyl (C=O) groups is 1. The summed E-state index contributed by atoms with van der Waals surface area (Å²) in [5.74, 6) is 0.834. The highest BCUT2D eigenvalue weighted by atomic mass is 16.5. The van der Waals surface area contributed by atoms with Crippen molar-refractivity contribution in [2.75, 3.05) is 6.54 Å². The summed E-state index contributed by atoms with van der Waals surface area (Å²) in [5.41, 5.74) is 9.25. The number of nitrogens with one attached hydrogen (secondary N) is 1. The average molecular weight is 288 g/mol. The zero-order chi connectivity index (χ0) is 15.0. The van der Waals surface area contributed by atoms with Crippen LogP contribution < -0.4 is 15.8 Å². The molecule has 1 fully saturated rings. The second-order valence-corrected chi connectivity index (χ2v) is 6.54. The summed E-state index contributed by atoms with van der Waals surface area (Å²) >= 11 is 0. The Labute approximate surface area is 126 Å². The average Bonchev–Trinajstić information content (AvgIpc) is 3.07. The zero-order valence-corrected chi connectivity index (χ0v) is 12.9. The first-order valence-corrected chi connectivity index (χ1v) is 7.82. The highest BCUT2D eigenvalue weighted by Crippen LogP contribution is 2.33. The third kappa shape index (κ3) is 2.64. The summed E-state index contributed by atoms with van der Waals surface area (Å²) in [4.78, 5) is 12.5. The standard InChI is InChI=1S/C17H24N2O2/c1-11-7-13-9-15(21-14(13)8-12(11)2)16(20)19-17(10-18)5-3-4-6-17/h7-8,15H,3-6,9-10,18H2,1-2H3,(H,19,20). The van der Waals surface area contributed by atoms with E-state index in [9.17, 15) is 4.79 Å². The molecule has 0 spiro atoms. The number of fused-ring (bicyclic) bond motifs is 1. The molecule has 3 rings (SSSR count). The zero-order valence-electron chi connectivity index (χ0n) is 12.9. The minimum absolute atomic E-state index is 0.0196. The molecule has 21 heavy (non-hydrogen) atoms. The summed E-state index contributed by atoms with van der Waals surface area (Å²) in [5, 5.41) is 3.16. The Morgan fingerprint density at radius 3 is 2.67 bits per heavy atom. The quantitative estimate of drug-likeness (QED) is 0.894. The van der Waals surface area contributed by atoms with Gasteiger partial charge >= 0.3 is 0 Å². The lowest BCUT2D eigenvalue weighted by Gasteiger charge is -2.29. The van der Waals surface area contributed by atoms with Gasteiger partial charge in [0.2, 0.25) is 0 Å². The number of carbonyl (C=O) groups excluding carboxylic acids is 1. The first-order valence-electron chi connectivity index (χ1n) is 7.82. The molecule has 1 heterocycles. The maximum absolute atomic E-state index is 12.5. The summed E-state index contributed by atoms with van der Waals surface area (Å²) in [6.07, 6.45) is 4.48. The van der Waals surface area contributed by atoms with Gasteiger partial charge < -0.3 is 15.8 Å². The minimum Gasteiger partial charge on any atom is -0.480 e. The molecule has 2 aliphatic rings. The molecule has 0 bridgehead atoms. The van der Waals surface area contributed by atoms with Gasteiger partial charge in [-0.1, -0.05) is 18.9 Å². The van der Waals surface area contributed by atoms with Crippen LogP contribution in [-0.4, -0.2) is 24.1 Å². The Balaban J connectivity index is 1.70. The number of rotatable bonds is 3. The molecule has 1 unspecified atom stereocenters. The smallest absolute Gasteiger partial charge is 0.261 e. The number of amides is 1. The van der Waals surface area contributed by atoms with Gasteiger partial charge in [0.25, 0.3) is 5.91 Å². The van der Waals surface area contributed by atoms with Crippen LogP contribution in [0.4, 0.5) is 0 Å². The molecule has 4 heteroatoms. The second-order valence-electron chi connectivity index (χ2n) is 6.54. The highest BCUT2D eigenvalue weighted by molar-refractivity contribution is 5.83. The van der Waals surface area contributed by atoms with E-state index in [1.807, 2.05) is 6.07 Å². The molecule has 1 aliphatic carbocycles. The van der Waals surface area contributed by atoms with Crippen LogP contribution in [0, 0.1) is 13.8 Å². The van der Waals surface area contributed by atoms with Crippen LogP contribution in [0.3, 0.4) is 0 Å². The third-order valence-electron chi connectivity index (χ3n) is 4.98. The fraction of sp³-hybridized carbons (Fsp3) is 0.588. The normalized spacial score (nSPS) is 22.7. The molecule has 1 aromatic rings. The maximum atomic E-state index is 12.5. The summed E-state index contributed by atoms with van der Waals surface area (Å²) in [6, 6.07) is 4.17. The van der Waals surface area contributed by atoms with Gasteiger partial charge in [0, 0.05) is 13.0 Å². The van der Waals surface area contributed by atoms with Crippen molar-refractivity contribution in [3.8, 4) is 5.75 Å². The lowest BCUT2D eigenvalue weighted by Crippen LogP contribution is -2.55. The van der Waals surface area contributed by atoms with Crippen molar-refractivity contribution in [1.82, 2.24) is 5.32 Å². The molecule has 1 aliphatic heterocycles. The van der Waals surface area contributed by atoms with Crippen LogP contribution in [-0.2, 0) is 11.2 Å². The van der Waals surface area contributed by atoms with E-state index in [0.29, 0.717) is 13.0 Å². The molecule has 1 aromatic carbocycles. The molecular weight excluding hydrogens is 264 g/mol. The monoisotopic (exact) mass is 288 g/mol. The van der Waals surface area contributed by atoms with Gasteiger partial charge in [0.1, 0.15) is 5.75 Å². The molecule has 0 radical (unpaired) electrons. The molecule has 1 atom stereocenters. The Kier molecular flexibility index (Phi) is 3.66. The van der Waals surface area contributed by atoms with Gasteiger partial charge in [0.05, 0.1) is 5.54 Å². The van der Waals surface area contributed by atoms with Gasteiger partial charge in [-0.15, -0.1) is 0 Å². The van der Waals surface area contributed by atoms with Crippen molar-refractivity contribution in [3.05, 3.63) is 28.8 Å². The van der Waals surface area contributed by atoms with E-state index in [1.165, 1.54) is 11.1 Å². The van der Waals surface area contributed by atoms with Crippen molar-refractivity contribution in [1.29, 1.82) is 0 Å². The van der Waals surface area contributed by atoms with Gasteiger partial charge in [0.15, 0.2) is 6.10 Å². The lowest BCUT2D eigenvalue weighted by molar-refractivity contribution is -0.129. The van der Waals surface area contributed by atoms with Crippen molar-refractivity contribution in [2.24, 2.45) is 5.73 Å². The molecule has 0 aromatic heterocycles. The number of hydrogen-bond donors (Lipinski definition) is 2. The SMILES string of the molecule is Cc1cc2c(cc1C)OC(C(=O)NC1(CN)CCCC1)C2. The Hall–Kier alpha value is -1.55. The highest BCUT2D eigenvalue weighted by Gasteiger charge is 2.38. The van der Waals surface area contributed by atoms with Crippen LogP contribution in [0.15, 0.2) is 12.1 Å². The Morgan fingerprint density at radius 1 is 1.33 bits per heavy atom. The van der Waals surface area contributed by atoms with Gasteiger partial charge in [-0.2, -0.15) is 0 Å². The molecule has 1 saturated carbocycles. The third-order valence-corrected chi connectivity index (χ3v) is 4.98. The van der Waals surface area contributed by atoms with E-state index in [2.05, 4.69) is 25.2 Å². The maximum Gasteiger partial charge on any atom is 0.261 e. The van der Waals surface area contributed by atoms with E-state index in [0.717, 1.165) is 37.0 Å². The second kappa shape index (κ2) is 5.34. The Bertz CT molecular complexity index is 531. The molecule has 114 valence electrons. The van der Waals surface area contributed by atoms with Crippen LogP contribution >= 0.6 is 0 Å². The topological polar surface area (TPSA) is 64.3 Å². The first kappa shape index (κ1) is 14.4. The summed E-state index contributed by atoms with van der Waals surface area (Å²) < 4.78 is 5.85. The van der Waals surface area contributed by atoms with E-state index >= 15 is 0 Å².